The summed E-state index contributed by atoms with van der Waals surface area (Å²) in [7, 11) is 3.34. The van der Waals surface area contributed by atoms with Gasteiger partial charge in [0.15, 0.2) is 28.8 Å². The second-order valence-corrected chi connectivity index (χ2v) is 13.6. The first-order valence-corrected chi connectivity index (χ1v) is 18.6. The van der Waals surface area contributed by atoms with Gasteiger partial charge in [0.05, 0.1) is 27.4 Å². The minimum Gasteiger partial charge on any atom is -0.493 e. The third-order valence-corrected chi connectivity index (χ3v) is 9.95. The summed E-state index contributed by atoms with van der Waals surface area (Å²) in [5.41, 5.74) is 3.52. The van der Waals surface area contributed by atoms with Crippen molar-refractivity contribution in [2.24, 2.45) is 0 Å². The van der Waals surface area contributed by atoms with E-state index in [1.807, 2.05) is 48.6 Å². The summed E-state index contributed by atoms with van der Waals surface area (Å²) in [6.07, 6.45) is 20.6. The first kappa shape index (κ1) is 41.7. The zero-order valence-corrected chi connectivity index (χ0v) is 32.1. The molecule has 7 nitrogen and oxygen atoms in total. The predicted octanol–water partition coefficient (Wildman–Crippen LogP) is 9.45. The van der Waals surface area contributed by atoms with Crippen LogP contribution in [0.1, 0.15) is 101 Å². The lowest BCUT2D eigenvalue weighted by molar-refractivity contribution is -0.111. The van der Waals surface area contributed by atoms with Gasteiger partial charge in [-0.25, -0.2) is 0 Å². The maximum absolute atomic E-state index is 13.4. The molecule has 50 heavy (non-hydrogen) atoms. The molecule has 3 aliphatic rings. The van der Waals surface area contributed by atoms with Gasteiger partial charge in [-0.2, -0.15) is 0 Å². The standard InChI is InChI=1S/C41H58N2O5.2ClH/c1-45-39-31-33(15-19-37(39)47-27-13-11-25-42-21-7-3-4-8-22-42)29-35-17-18-36(41(35)44)30-34-16-20-38(40(32-34)46-2)48-28-14-12-26-43-23-9-5-6-10-24-43;;/h15-16,19-20,29-32H,3-14,17-18,21-28H2,1-2H3;2*1H/b35-29+,36-30+;;. The zero-order chi connectivity index (χ0) is 33.4. The number of carbonyl (C=O) groups is 1. The molecule has 0 amide bonds. The fourth-order valence-electron chi connectivity index (χ4n) is 7.13. The number of hydrogen-bond donors (Lipinski definition) is 0. The van der Waals surface area contributed by atoms with Crippen LogP contribution in [-0.4, -0.2) is 82.3 Å². The van der Waals surface area contributed by atoms with E-state index in [0.29, 0.717) is 24.7 Å². The zero-order valence-electron chi connectivity index (χ0n) is 30.4. The molecule has 3 fully saturated rings. The SMILES string of the molecule is COc1cc(/C=C2\CC/C(=C\c3ccc(OCCCCN4CCCCCC4)c(OC)c3)C2=O)ccc1OCCCCN1CCCCCC1.Cl.Cl. The van der Waals surface area contributed by atoms with Crippen LogP contribution in [0.2, 0.25) is 0 Å². The van der Waals surface area contributed by atoms with Crippen LogP contribution < -0.4 is 18.9 Å². The Bertz CT molecular complexity index is 1260. The fourth-order valence-corrected chi connectivity index (χ4v) is 7.13. The molecule has 0 unspecified atom stereocenters. The topological polar surface area (TPSA) is 60.5 Å². The maximum atomic E-state index is 13.4. The van der Waals surface area contributed by atoms with Gasteiger partial charge in [0.25, 0.3) is 0 Å². The van der Waals surface area contributed by atoms with Gasteiger partial charge in [-0.15, -0.1) is 24.8 Å². The van der Waals surface area contributed by atoms with Crippen molar-refractivity contribution in [2.45, 2.75) is 89.9 Å². The van der Waals surface area contributed by atoms with E-state index < -0.39 is 0 Å². The van der Waals surface area contributed by atoms with Crippen molar-refractivity contribution in [1.82, 2.24) is 9.80 Å². The Morgan fingerprint density at radius 1 is 0.560 bits per heavy atom. The third kappa shape index (κ3) is 13.1. The number of Topliss-reactive ketones (excluding diaryl/α,β-unsaturated/α-hetero) is 1. The fraction of sp³-hybridized carbons (Fsp3) is 0.585. The van der Waals surface area contributed by atoms with Crippen LogP contribution >= 0.6 is 24.8 Å². The molecule has 2 aromatic rings. The first-order chi connectivity index (χ1) is 23.6. The van der Waals surface area contributed by atoms with Crippen molar-refractivity contribution in [3.05, 3.63) is 58.7 Å². The number of likely N-dealkylation sites (tertiary alicyclic amines) is 2. The number of ether oxygens (including phenoxy) is 4. The highest BCUT2D eigenvalue weighted by atomic mass is 35.5. The number of carbonyl (C=O) groups excluding carboxylic acids is 1. The molecule has 5 rings (SSSR count). The highest BCUT2D eigenvalue weighted by Crippen LogP contribution is 2.34. The van der Waals surface area contributed by atoms with E-state index in [1.165, 1.54) is 77.5 Å². The molecule has 2 saturated heterocycles. The van der Waals surface area contributed by atoms with Crippen LogP contribution in [0.5, 0.6) is 23.0 Å². The summed E-state index contributed by atoms with van der Waals surface area (Å²) < 4.78 is 23.5. The number of methoxy groups -OCH3 is 2. The number of ketones is 1. The Hall–Kier alpha value is -2.71. The molecule has 1 saturated carbocycles. The summed E-state index contributed by atoms with van der Waals surface area (Å²) in [6, 6.07) is 11.9. The third-order valence-electron chi connectivity index (χ3n) is 9.95. The van der Waals surface area contributed by atoms with Gasteiger partial charge in [0.1, 0.15) is 0 Å². The van der Waals surface area contributed by atoms with E-state index in [1.54, 1.807) is 14.2 Å². The minimum absolute atomic E-state index is 0. The van der Waals surface area contributed by atoms with E-state index in [4.69, 9.17) is 18.9 Å². The van der Waals surface area contributed by atoms with Crippen molar-refractivity contribution in [2.75, 3.05) is 66.7 Å². The molecule has 9 heteroatoms. The molecular weight excluding hydrogens is 671 g/mol. The molecule has 0 radical (unpaired) electrons. The summed E-state index contributed by atoms with van der Waals surface area (Å²) >= 11 is 0. The number of benzene rings is 2. The van der Waals surface area contributed by atoms with Crippen LogP contribution in [0.15, 0.2) is 47.5 Å². The maximum Gasteiger partial charge on any atom is 0.185 e. The van der Waals surface area contributed by atoms with Crippen molar-refractivity contribution in [3.8, 4) is 23.0 Å². The quantitative estimate of drug-likeness (QED) is 0.126. The van der Waals surface area contributed by atoms with Crippen LogP contribution in [0.4, 0.5) is 0 Å². The molecule has 0 spiro atoms. The van der Waals surface area contributed by atoms with E-state index in [9.17, 15) is 4.79 Å². The lowest BCUT2D eigenvalue weighted by Crippen LogP contribution is -2.25. The van der Waals surface area contributed by atoms with Crippen LogP contribution in [0.25, 0.3) is 12.2 Å². The van der Waals surface area contributed by atoms with Crippen molar-refractivity contribution >= 4 is 42.7 Å². The summed E-state index contributed by atoms with van der Waals surface area (Å²) in [6.45, 7) is 8.61. The van der Waals surface area contributed by atoms with Crippen LogP contribution in [0.3, 0.4) is 0 Å². The van der Waals surface area contributed by atoms with Crippen molar-refractivity contribution in [3.63, 3.8) is 0 Å². The molecular formula is C41H60Cl2N2O5. The molecule has 0 N–H and O–H groups in total. The number of unbranched alkanes of at least 4 members (excludes halogenated alkanes) is 2. The number of rotatable bonds is 16. The number of nitrogens with zero attached hydrogens (tertiary/aromatic N) is 2. The monoisotopic (exact) mass is 730 g/mol. The molecule has 2 aliphatic heterocycles. The molecule has 278 valence electrons. The van der Waals surface area contributed by atoms with Crippen molar-refractivity contribution < 1.29 is 23.7 Å². The number of allylic oxidation sites excluding steroid dienone is 2. The van der Waals surface area contributed by atoms with E-state index in [0.717, 1.165) is 85.4 Å². The molecule has 2 aromatic carbocycles. The second-order valence-electron chi connectivity index (χ2n) is 13.6. The Morgan fingerprint density at radius 2 is 0.960 bits per heavy atom. The highest BCUT2D eigenvalue weighted by molar-refractivity contribution is 6.15. The number of hydrogen-bond acceptors (Lipinski definition) is 7. The van der Waals surface area contributed by atoms with Gasteiger partial charge in [-0.1, -0.05) is 37.8 Å². The van der Waals surface area contributed by atoms with Crippen molar-refractivity contribution in [1.29, 1.82) is 0 Å². The normalized spacial score (nSPS) is 19.0. The summed E-state index contributed by atoms with van der Waals surface area (Å²) in [5, 5.41) is 0. The van der Waals surface area contributed by atoms with Gasteiger partial charge in [-0.3, -0.25) is 4.79 Å². The van der Waals surface area contributed by atoms with Gasteiger partial charge in [0, 0.05) is 11.1 Å². The van der Waals surface area contributed by atoms with Gasteiger partial charge >= 0.3 is 0 Å². The Morgan fingerprint density at radius 3 is 1.34 bits per heavy atom. The molecule has 0 atom stereocenters. The lowest BCUT2D eigenvalue weighted by atomic mass is 10.1. The van der Waals surface area contributed by atoms with Gasteiger partial charge in [-0.05, 0) is 151 Å². The number of halogens is 2. The summed E-state index contributed by atoms with van der Waals surface area (Å²) in [4.78, 5) is 18.6. The Kier molecular flexibility index (Phi) is 19.2. The Balaban J connectivity index is 0.00000338. The predicted molar refractivity (Wildman–Crippen MR) is 210 cm³/mol. The average molecular weight is 732 g/mol. The van der Waals surface area contributed by atoms with E-state index in [-0.39, 0.29) is 30.6 Å². The largest absolute Gasteiger partial charge is 0.493 e. The average Bonchev–Trinajstić information content (AvgIpc) is 3.34. The van der Waals surface area contributed by atoms with Gasteiger partial charge < -0.3 is 28.7 Å². The highest BCUT2D eigenvalue weighted by Gasteiger charge is 2.23. The van der Waals surface area contributed by atoms with Gasteiger partial charge in [0.2, 0.25) is 0 Å². The Labute approximate surface area is 313 Å². The summed E-state index contributed by atoms with van der Waals surface area (Å²) in [5.74, 6) is 3.00. The van der Waals surface area contributed by atoms with E-state index in [2.05, 4.69) is 9.80 Å². The van der Waals surface area contributed by atoms with Crippen LogP contribution in [-0.2, 0) is 4.79 Å². The van der Waals surface area contributed by atoms with Crippen LogP contribution in [0, 0.1) is 0 Å². The molecule has 0 bridgehead atoms. The smallest absolute Gasteiger partial charge is 0.185 e. The molecule has 1 aliphatic carbocycles. The molecule has 0 aromatic heterocycles. The second kappa shape index (κ2) is 23.0. The first-order valence-electron chi connectivity index (χ1n) is 18.6. The molecule has 2 heterocycles. The minimum atomic E-state index is 0. The van der Waals surface area contributed by atoms with E-state index >= 15 is 0 Å². The lowest BCUT2D eigenvalue weighted by Gasteiger charge is -2.19.